The van der Waals surface area contributed by atoms with Crippen LogP contribution in [-0.4, -0.2) is 38.2 Å². The summed E-state index contributed by atoms with van der Waals surface area (Å²) in [6, 6.07) is 7.17. The van der Waals surface area contributed by atoms with Gasteiger partial charge in [-0.2, -0.15) is 0 Å². The molecule has 0 unspecified atom stereocenters. The van der Waals surface area contributed by atoms with E-state index in [4.69, 9.17) is 0 Å². The molecule has 0 amide bonds. The number of nitrogens with zero attached hydrogens (tertiary/aromatic N) is 2. The molecule has 154 valence electrons. The summed E-state index contributed by atoms with van der Waals surface area (Å²) < 4.78 is 25.2. The molecule has 2 N–H and O–H groups in total. The largest absolute Gasteiger partial charge is 0.357 e. The molecule has 1 aromatic carbocycles. The van der Waals surface area contributed by atoms with E-state index in [1.54, 1.807) is 23.5 Å². The van der Waals surface area contributed by atoms with Gasteiger partial charge in [0.2, 0.25) is 0 Å². The zero-order valence-electron chi connectivity index (χ0n) is 17.2. The number of aliphatic imine (C=N–C) groups is 1. The number of guanidine groups is 1. The van der Waals surface area contributed by atoms with Gasteiger partial charge in [0.25, 0.3) is 0 Å². The predicted octanol–water partition coefficient (Wildman–Crippen LogP) is 3.28. The summed E-state index contributed by atoms with van der Waals surface area (Å²) in [5, 5.41) is 7.16. The Labute approximate surface area is 172 Å². The molecule has 0 bridgehead atoms. The standard InChI is InChI=1S/C20H30N4O2S2/c1-6-21-19(24-14-18-23-13-15(2)27-18)22-11-12-28(25,26)17-9-7-16(8-10-17)20(3,4)5/h7-10,13H,6,11-12,14H2,1-5H3,(H2,21,22,24). The van der Waals surface area contributed by atoms with Crippen LogP contribution in [0.3, 0.4) is 0 Å². The zero-order chi connectivity index (χ0) is 20.8. The second kappa shape index (κ2) is 9.52. The molecule has 0 radical (unpaired) electrons. The van der Waals surface area contributed by atoms with Gasteiger partial charge in [-0.15, -0.1) is 11.3 Å². The Bertz CT molecular complexity index is 895. The number of aromatic nitrogens is 1. The van der Waals surface area contributed by atoms with Crippen LogP contribution < -0.4 is 10.6 Å². The van der Waals surface area contributed by atoms with Gasteiger partial charge in [-0.05, 0) is 37.0 Å². The second-order valence-corrected chi connectivity index (χ2v) is 11.0. The first kappa shape index (κ1) is 22.4. The molecule has 0 saturated carbocycles. The van der Waals surface area contributed by atoms with Crippen LogP contribution in [0.25, 0.3) is 0 Å². The van der Waals surface area contributed by atoms with Gasteiger partial charge in [0, 0.05) is 24.2 Å². The average Bonchev–Trinajstić information content (AvgIpc) is 3.04. The van der Waals surface area contributed by atoms with E-state index in [0.717, 1.165) is 15.4 Å². The van der Waals surface area contributed by atoms with Crippen molar-refractivity contribution in [2.24, 2.45) is 4.99 Å². The highest BCUT2D eigenvalue weighted by molar-refractivity contribution is 7.91. The van der Waals surface area contributed by atoms with Crippen LogP contribution in [0.4, 0.5) is 0 Å². The van der Waals surface area contributed by atoms with E-state index >= 15 is 0 Å². The number of hydrogen-bond acceptors (Lipinski definition) is 5. The molecule has 0 atom stereocenters. The Morgan fingerprint density at radius 3 is 2.39 bits per heavy atom. The first-order valence-corrected chi connectivity index (χ1v) is 11.9. The molecule has 6 nitrogen and oxygen atoms in total. The maximum atomic E-state index is 12.6. The molecule has 0 aliphatic heterocycles. The summed E-state index contributed by atoms with van der Waals surface area (Å²) in [5.41, 5.74) is 1.11. The van der Waals surface area contributed by atoms with Crippen LogP contribution >= 0.6 is 11.3 Å². The lowest BCUT2D eigenvalue weighted by Gasteiger charge is -2.19. The fourth-order valence-electron chi connectivity index (χ4n) is 2.55. The van der Waals surface area contributed by atoms with Crippen molar-refractivity contribution in [2.75, 3.05) is 18.8 Å². The summed E-state index contributed by atoms with van der Waals surface area (Å²) in [6.07, 6.45) is 1.83. The minimum atomic E-state index is -3.35. The molecule has 1 heterocycles. The van der Waals surface area contributed by atoms with E-state index in [1.165, 1.54) is 0 Å². The van der Waals surface area contributed by atoms with Crippen molar-refractivity contribution >= 4 is 27.1 Å². The number of rotatable bonds is 7. The second-order valence-electron chi connectivity index (χ2n) is 7.58. The molecule has 8 heteroatoms. The molecule has 28 heavy (non-hydrogen) atoms. The molecule has 0 spiro atoms. The van der Waals surface area contributed by atoms with Gasteiger partial charge in [-0.25, -0.2) is 18.4 Å². The normalized spacial score (nSPS) is 12.8. The topological polar surface area (TPSA) is 83.4 Å². The van der Waals surface area contributed by atoms with E-state index in [9.17, 15) is 8.42 Å². The van der Waals surface area contributed by atoms with Crippen LogP contribution in [0.15, 0.2) is 40.4 Å². The van der Waals surface area contributed by atoms with Crippen LogP contribution in [0.5, 0.6) is 0 Å². The van der Waals surface area contributed by atoms with Gasteiger partial charge in [0.1, 0.15) is 5.01 Å². The van der Waals surface area contributed by atoms with E-state index < -0.39 is 9.84 Å². The average molecular weight is 423 g/mol. The zero-order valence-corrected chi connectivity index (χ0v) is 18.9. The Morgan fingerprint density at radius 2 is 1.86 bits per heavy atom. The van der Waals surface area contributed by atoms with E-state index in [2.05, 4.69) is 41.4 Å². The summed E-state index contributed by atoms with van der Waals surface area (Å²) in [5.74, 6) is 0.594. The number of benzene rings is 1. The Morgan fingerprint density at radius 1 is 1.18 bits per heavy atom. The monoisotopic (exact) mass is 422 g/mol. The Hall–Kier alpha value is -1.93. The van der Waals surface area contributed by atoms with E-state index in [-0.39, 0.29) is 17.7 Å². The first-order valence-electron chi connectivity index (χ1n) is 9.38. The molecule has 0 saturated heterocycles. The summed E-state index contributed by atoms with van der Waals surface area (Å²) in [6.45, 7) is 11.7. The maximum Gasteiger partial charge on any atom is 0.191 e. The third-order valence-electron chi connectivity index (χ3n) is 4.13. The smallest absolute Gasteiger partial charge is 0.191 e. The minimum Gasteiger partial charge on any atom is -0.357 e. The van der Waals surface area contributed by atoms with Crippen molar-refractivity contribution in [1.29, 1.82) is 0 Å². The summed E-state index contributed by atoms with van der Waals surface area (Å²) in [7, 11) is -3.35. The lowest BCUT2D eigenvalue weighted by atomic mass is 9.87. The number of nitrogens with one attached hydrogen (secondary N) is 2. The van der Waals surface area contributed by atoms with Gasteiger partial charge in [-0.3, -0.25) is 0 Å². The van der Waals surface area contributed by atoms with Gasteiger partial charge in [-0.1, -0.05) is 32.9 Å². The van der Waals surface area contributed by atoms with Crippen LogP contribution in [0, 0.1) is 6.92 Å². The van der Waals surface area contributed by atoms with Crippen LogP contribution in [0.1, 0.15) is 43.1 Å². The highest BCUT2D eigenvalue weighted by Gasteiger charge is 2.17. The van der Waals surface area contributed by atoms with Crippen molar-refractivity contribution < 1.29 is 8.42 Å². The van der Waals surface area contributed by atoms with E-state index in [0.29, 0.717) is 23.9 Å². The molecule has 0 fully saturated rings. The van der Waals surface area contributed by atoms with E-state index in [1.807, 2.05) is 32.2 Å². The lowest BCUT2D eigenvalue weighted by Crippen LogP contribution is -2.39. The highest BCUT2D eigenvalue weighted by Crippen LogP contribution is 2.23. The van der Waals surface area contributed by atoms with Gasteiger partial charge in [0.05, 0.1) is 17.2 Å². The van der Waals surface area contributed by atoms with Crippen molar-refractivity contribution in [3.8, 4) is 0 Å². The van der Waals surface area contributed by atoms with Gasteiger partial charge < -0.3 is 10.6 Å². The minimum absolute atomic E-state index is 0.00262. The number of sulfone groups is 1. The van der Waals surface area contributed by atoms with Crippen molar-refractivity contribution in [3.63, 3.8) is 0 Å². The highest BCUT2D eigenvalue weighted by atomic mass is 32.2. The summed E-state index contributed by atoms with van der Waals surface area (Å²) in [4.78, 5) is 10.3. The first-order chi connectivity index (χ1) is 13.1. The maximum absolute atomic E-state index is 12.6. The Balaban J connectivity index is 1.96. The van der Waals surface area contributed by atoms with Gasteiger partial charge >= 0.3 is 0 Å². The van der Waals surface area contributed by atoms with Crippen molar-refractivity contribution in [1.82, 2.24) is 15.6 Å². The predicted molar refractivity (Wildman–Crippen MR) is 117 cm³/mol. The molecule has 0 aliphatic carbocycles. The molecule has 1 aromatic heterocycles. The van der Waals surface area contributed by atoms with Crippen LogP contribution in [-0.2, 0) is 21.8 Å². The fourth-order valence-corrected chi connectivity index (χ4v) is 4.42. The third kappa shape index (κ3) is 6.60. The number of hydrogen-bond donors (Lipinski definition) is 2. The van der Waals surface area contributed by atoms with Crippen LogP contribution in [0.2, 0.25) is 0 Å². The SMILES string of the molecule is CCNC(=NCc1ncc(C)s1)NCCS(=O)(=O)c1ccc(C(C)(C)C)cc1. The van der Waals surface area contributed by atoms with Crippen molar-refractivity contribution in [2.45, 2.75) is 51.5 Å². The molecule has 0 aliphatic rings. The molecular formula is C20H30N4O2S2. The lowest BCUT2D eigenvalue weighted by molar-refractivity contribution is 0.586. The molecular weight excluding hydrogens is 392 g/mol. The Kier molecular flexibility index (Phi) is 7.60. The third-order valence-corrected chi connectivity index (χ3v) is 6.76. The quantitative estimate of drug-likeness (QED) is 0.528. The fraction of sp³-hybridized carbons (Fsp3) is 0.500. The van der Waals surface area contributed by atoms with Crippen molar-refractivity contribution in [3.05, 3.63) is 45.9 Å². The molecule has 2 rings (SSSR count). The van der Waals surface area contributed by atoms with Gasteiger partial charge in [0.15, 0.2) is 15.8 Å². The molecule has 2 aromatic rings. The number of thiazole rings is 1. The number of aryl methyl sites for hydroxylation is 1. The summed E-state index contributed by atoms with van der Waals surface area (Å²) >= 11 is 1.61.